The van der Waals surface area contributed by atoms with Gasteiger partial charge in [-0.1, -0.05) is 42.5 Å². The molecule has 1 aliphatic rings. The van der Waals surface area contributed by atoms with Gasteiger partial charge in [0.2, 0.25) is 0 Å². The van der Waals surface area contributed by atoms with E-state index in [1.54, 1.807) is 0 Å². The molecule has 0 N–H and O–H groups in total. The molecule has 2 aromatic carbocycles. The molecule has 0 saturated heterocycles. The summed E-state index contributed by atoms with van der Waals surface area (Å²) in [6.07, 6.45) is 1.17. The first kappa shape index (κ1) is 12.9. The summed E-state index contributed by atoms with van der Waals surface area (Å²) in [4.78, 5) is 4.75. The van der Waals surface area contributed by atoms with Gasteiger partial charge in [-0.25, -0.2) is 4.98 Å². The molecule has 1 aromatic heterocycles. The lowest BCUT2D eigenvalue weighted by atomic mass is 10.1. The third-order valence-electron chi connectivity index (χ3n) is 4.43. The van der Waals surface area contributed by atoms with E-state index in [1.165, 1.54) is 23.1 Å². The van der Waals surface area contributed by atoms with Crippen molar-refractivity contribution in [2.45, 2.75) is 31.2 Å². The normalized spacial score (nSPS) is 20.9. The van der Waals surface area contributed by atoms with Crippen molar-refractivity contribution in [3.05, 3.63) is 65.5 Å². The Morgan fingerprint density at radius 2 is 1.95 bits per heavy atom. The Kier molecular flexibility index (Phi) is 3.00. The molecule has 0 aliphatic heterocycles. The number of aromatic nitrogens is 2. The maximum absolute atomic E-state index is 6.14. The Hall–Kier alpha value is -1.80. The predicted molar refractivity (Wildman–Crippen MR) is 86.9 cm³/mol. The van der Waals surface area contributed by atoms with E-state index < -0.39 is 0 Å². The zero-order valence-corrected chi connectivity index (χ0v) is 12.7. The van der Waals surface area contributed by atoms with E-state index in [9.17, 15) is 0 Å². The van der Waals surface area contributed by atoms with Gasteiger partial charge in [0.15, 0.2) is 0 Å². The van der Waals surface area contributed by atoms with Gasteiger partial charge in [0.05, 0.1) is 16.9 Å². The van der Waals surface area contributed by atoms with Gasteiger partial charge in [-0.15, -0.1) is 11.6 Å². The highest BCUT2D eigenvalue weighted by Gasteiger charge is 2.41. The molecule has 3 aromatic rings. The number of fused-ring (bicyclic) bond motifs is 1. The van der Waals surface area contributed by atoms with E-state index in [0.29, 0.717) is 17.8 Å². The maximum atomic E-state index is 6.14. The van der Waals surface area contributed by atoms with Crippen LogP contribution in [-0.4, -0.2) is 9.55 Å². The number of hydrogen-bond acceptors (Lipinski definition) is 1. The van der Waals surface area contributed by atoms with Gasteiger partial charge < -0.3 is 4.57 Å². The summed E-state index contributed by atoms with van der Waals surface area (Å²) >= 11 is 6.14. The summed E-state index contributed by atoms with van der Waals surface area (Å²) in [6, 6.07) is 17.6. The number of hydrogen-bond donors (Lipinski definition) is 0. The molecular weight excluding hydrogens is 280 g/mol. The van der Waals surface area contributed by atoms with E-state index in [1.807, 2.05) is 0 Å². The van der Waals surface area contributed by atoms with Crippen LogP contribution in [0.3, 0.4) is 0 Å². The fourth-order valence-electron chi connectivity index (χ4n) is 3.30. The van der Waals surface area contributed by atoms with Crippen molar-refractivity contribution < 1.29 is 0 Å². The lowest BCUT2D eigenvalue weighted by Crippen LogP contribution is -2.01. The van der Waals surface area contributed by atoms with E-state index in [-0.39, 0.29) is 0 Å². The minimum absolute atomic E-state index is 0.464. The molecule has 0 radical (unpaired) electrons. The Morgan fingerprint density at radius 1 is 1.14 bits per heavy atom. The predicted octanol–water partition coefficient (Wildman–Crippen LogP) is 4.81. The fraction of sp³-hybridized carbons (Fsp3) is 0.278. The van der Waals surface area contributed by atoms with E-state index in [4.69, 9.17) is 16.6 Å². The molecule has 2 nitrogen and oxygen atoms in total. The molecule has 2 unspecified atom stereocenters. The molecule has 2 atom stereocenters. The van der Waals surface area contributed by atoms with Gasteiger partial charge >= 0.3 is 0 Å². The second-order valence-electron chi connectivity index (χ2n) is 5.79. The number of imidazole rings is 1. The molecule has 21 heavy (non-hydrogen) atoms. The van der Waals surface area contributed by atoms with E-state index >= 15 is 0 Å². The summed E-state index contributed by atoms with van der Waals surface area (Å²) in [7, 11) is 0. The maximum Gasteiger partial charge on any atom is 0.125 e. The minimum Gasteiger partial charge on any atom is -0.323 e. The van der Waals surface area contributed by atoms with Crippen LogP contribution in [0.5, 0.6) is 0 Å². The van der Waals surface area contributed by atoms with E-state index in [0.717, 1.165) is 11.3 Å². The highest BCUT2D eigenvalue weighted by atomic mass is 35.5. The first-order valence-electron chi connectivity index (χ1n) is 7.37. The van der Waals surface area contributed by atoms with Crippen molar-refractivity contribution in [1.82, 2.24) is 9.55 Å². The first-order chi connectivity index (χ1) is 10.3. The molecule has 0 bridgehead atoms. The lowest BCUT2D eigenvalue weighted by Gasteiger charge is -2.08. The molecule has 0 amide bonds. The summed E-state index contributed by atoms with van der Waals surface area (Å²) < 4.78 is 2.35. The van der Waals surface area contributed by atoms with Crippen LogP contribution in [0.2, 0.25) is 0 Å². The third-order valence-corrected chi connectivity index (χ3v) is 4.67. The highest BCUT2D eigenvalue weighted by molar-refractivity contribution is 6.16. The van der Waals surface area contributed by atoms with Crippen molar-refractivity contribution in [3.8, 4) is 0 Å². The lowest BCUT2D eigenvalue weighted by molar-refractivity contribution is 0.706. The average molecular weight is 297 g/mol. The van der Waals surface area contributed by atoms with Gasteiger partial charge in [0.25, 0.3) is 0 Å². The van der Waals surface area contributed by atoms with Crippen LogP contribution in [0.4, 0.5) is 0 Å². The van der Waals surface area contributed by atoms with Crippen LogP contribution in [0.1, 0.15) is 35.3 Å². The highest BCUT2D eigenvalue weighted by Crippen LogP contribution is 2.53. The minimum atomic E-state index is 0.464. The smallest absolute Gasteiger partial charge is 0.125 e. The molecule has 1 heterocycles. The zero-order chi connectivity index (χ0) is 14.4. The van der Waals surface area contributed by atoms with Crippen molar-refractivity contribution >= 4 is 22.6 Å². The number of rotatable bonds is 3. The third kappa shape index (κ3) is 2.06. The average Bonchev–Trinajstić information content (AvgIpc) is 3.21. The second kappa shape index (κ2) is 4.88. The Labute approximate surface area is 129 Å². The molecule has 1 saturated carbocycles. The number of aryl methyl sites for hydroxylation is 1. The van der Waals surface area contributed by atoms with Crippen LogP contribution < -0.4 is 0 Å². The Balaban J connectivity index is 1.79. The van der Waals surface area contributed by atoms with E-state index in [2.05, 4.69) is 60.0 Å². The van der Waals surface area contributed by atoms with Crippen LogP contribution in [0.25, 0.3) is 11.0 Å². The summed E-state index contributed by atoms with van der Waals surface area (Å²) in [5, 5.41) is 0. The van der Waals surface area contributed by atoms with Gasteiger partial charge in [0.1, 0.15) is 5.82 Å². The standard InChI is InChI=1S/C18H17ClN2/c1-12-6-5-9-15-18(12)20-17(11-19)21(15)16-10-14(16)13-7-3-2-4-8-13/h2-9,14,16H,10-11H2,1H3. The summed E-state index contributed by atoms with van der Waals surface area (Å²) in [6.45, 7) is 2.11. The SMILES string of the molecule is Cc1cccc2c1nc(CCl)n2C1CC1c1ccccc1. The molecular formula is C18H17ClN2. The topological polar surface area (TPSA) is 17.8 Å². The van der Waals surface area contributed by atoms with Crippen molar-refractivity contribution in [3.63, 3.8) is 0 Å². The zero-order valence-electron chi connectivity index (χ0n) is 12.0. The molecule has 1 fully saturated rings. The monoisotopic (exact) mass is 296 g/mol. The molecule has 1 aliphatic carbocycles. The summed E-state index contributed by atoms with van der Waals surface area (Å²) in [5.74, 6) is 2.04. The van der Waals surface area contributed by atoms with Crippen LogP contribution >= 0.6 is 11.6 Å². The molecule has 3 heteroatoms. The number of halogens is 1. The fourth-order valence-corrected chi connectivity index (χ4v) is 3.48. The largest absolute Gasteiger partial charge is 0.323 e. The van der Waals surface area contributed by atoms with Crippen molar-refractivity contribution in [1.29, 1.82) is 0 Å². The molecule has 4 rings (SSSR count). The quantitative estimate of drug-likeness (QED) is 0.634. The molecule has 0 spiro atoms. The first-order valence-corrected chi connectivity index (χ1v) is 7.90. The van der Waals surface area contributed by atoms with Crippen molar-refractivity contribution in [2.24, 2.45) is 0 Å². The van der Waals surface area contributed by atoms with Crippen LogP contribution in [0.15, 0.2) is 48.5 Å². The number of para-hydroxylation sites is 1. The van der Waals surface area contributed by atoms with Gasteiger partial charge in [-0.05, 0) is 30.5 Å². The number of nitrogens with zero attached hydrogens (tertiary/aromatic N) is 2. The number of alkyl halides is 1. The summed E-state index contributed by atoms with van der Waals surface area (Å²) in [5.41, 5.74) is 4.94. The Morgan fingerprint density at radius 3 is 2.71 bits per heavy atom. The van der Waals surface area contributed by atoms with Gasteiger partial charge in [0, 0.05) is 12.0 Å². The van der Waals surface area contributed by atoms with Crippen LogP contribution in [0, 0.1) is 6.92 Å². The van der Waals surface area contributed by atoms with Crippen LogP contribution in [-0.2, 0) is 5.88 Å². The second-order valence-corrected chi connectivity index (χ2v) is 6.06. The van der Waals surface area contributed by atoms with Gasteiger partial charge in [-0.3, -0.25) is 0 Å². The van der Waals surface area contributed by atoms with Crippen molar-refractivity contribution in [2.75, 3.05) is 0 Å². The molecule has 106 valence electrons. The Bertz CT molecular complexity index is 792. The number of benzene rings is 2. The van der Waals surface area contributed by atoms with Gasteiger partial charge in [-0.2, -0.15) is 0 Å².